The number of carbonyl (C=O) groups excluding carboxylic acids is 3. The number of rotatable bonds is 2. The Morgan fingerprint density at radius 3 is 2.33 bits per heavy atom. The molecule has 124 valence electrons. The fourth-order valence-electron chi connectivity index (χ4n) is 3.80. The summed E-state index contributed by atoms with van der Waals surface area (Å²) in [7, 11) is 0. The van der Waals surface area contributed by atoms with Crippen LogP contribution in [0.2, 0.25) is 5.02 Å². The Hall–Kier alpha value is -2.00. The second-order valence-electron chi connectivity index (χ2n) is 6.86. The van der Waals surface area contributed by atoms with E-state index in [0.717, 1.165) is 11.1 Å². The van der Waals surface area contributed by atoms with Crippen LogP contribution in [0.4, 0.5) is 0 Å². The highest BCUT2D eigenvalue weighted by Crippen LogP contribution is 2.50. The van der Waals surface area contributed by atoms with Gasteiger partial charge in [0.05, 0.1) is 0 Å². The molecule has 3 nitrogen and oxygen atoms in total. The van der Waals surface area contributed by atoms with Crippen LogP contribution in [0.25, 0.3) is 0 Å². The maximum atomic E-state index is 13.3. The lowest BCUT2D eigenvalue weighted by molar-refractivity contribution is -0.134. The van der Waals surface area contributed by atoms with Gasteiger partial charge in [-0.25, -0.2) is 0 Å². The van der Waals surface area contributed by atoms with E-state index in [1.54, 1.807) is 31.2 Å². The van der Waals surface area contributed by atoms with Gasteiger partial charge < -0.3 is 0 Å². The molecule has 0 saturated carbocycles. The van der Waals surface area contributed by atoms with Crippen LogP contribution in [0, 0.1) is 11.3 Å². The molecule has 1 aromatic rings. The number of allylic oxidation sites excluding steroid dienone is 4. The number of benzene rings is 1. The molecule has 2 atom stereocenters. The smallest absolute Gasteiger partial charge is 0.177 e. The van der Waals surface area contributed by atoms with Crippen LogP contribution in [0.1, 0.15) is 44.0 Å². The second-order valence-corrected chi connectivity index (χ2v) is 7.29. The Kier molecular flexibility index (Phi) is 4.08. The van der Waals surface area contributed by atoms with E-state index in [-0.39, 0.29) is 17.3 Å². The SMILES string of the molecule is CC1=CC(=O)C2(C(=O)c3ccc(Cl)cc3)CC(C)=C(C)CC2C1=O. The van der Waals surface area contributed by atoms with Crippen molar-refractivity contribution in [3.05, 3.63) is 57.6 Å². The van der Waals surface area contributed by atoms with Crippen molar-refractivity contribution in [3.63, 3.8) is 0 Å². The Morgan fingerprint density at radius 1 is 1.08 bits per heavy atom. The standard InChI is InChI=1S/C20H19ClO3/c1-11-8-16-18(23)12(2)9-17(22)20(16,10-13(11)3)19(24)14-4-6-15(21)7-5-14/h4-7,9,16H,8,10H2,1-3H3. The molecule has 1 aromatic carbocycles. The summed E-state index contributed by atoms with van der Waals surface area (Å²) in [5, 5.41) is 0.526. The monoisotopic (exact) mass is 342 g/mol. The molecule has 4 heteroatoms. The highest BCUT2D eigenvalue weighted by Gasteiger charge is 2.57. The molecule has 0 amide bonds. The molecule has 0 aliphatic heterocycles. The highest BCUT2D eigenvalue weighted by molar-refractivity contribution is 6.31. The fraction of sp³-hybridized carbons (Fsp3) is 0.350. The van der Waals surface area contributed by atoms with E-state index < -0.39 is 11.3 Å². The minimum Gasteiger partial charge on any atom is -0.294 e. The molecule has 0 saturated heterocycles. The lowest BCUT2D eigenvalue weighted by atomic mass is 9.55. The molecule has 0 radical (unpaired) electrons. The fourth-order valence-corrected chi connectivity index (χ4v) is 3.93. The number of fused-ring (bicyclic) bond motifs is 1. The summed E-state index contributed by atoms with van der Waals surface area (Å²) in [6.45, 7) is 5.56. The average molecular weight is 343 g/mol. The minimum atomic E-state index is -1.31. The van der Waals surface area contributed by atoms with E-state index in [1.807, 2.05) is 13.8 Å². The second kappa shape index (κ2) is 5.82. The quantitative estimate of drug-likeness (QED) is 0.456. The molecule has 24 heavy (non-hydrogen) atoms. The maximum Gasteiger partial charge on any atom is 0.177 e. The third kappa shape index (κ3) is 2.39. The van der Waals surface area contributed by atoms with Gasteiger partial charge in [0.1, 0.15) is 5.41 Å². The average Bonchev–Trinajstić information content (AvgIpc) is 2.55. The zero-order valence-electron chi connectivity index (χ0n) is 14.0. The zero-order chi connectivity index (χ0) is 17.6. The summed E-state index contributed by atoms with van der Waals surface area (Å²) in [5.41, 5.74) is 1.66. The molecule has 3 rings (SSSR count). The van der Waals surface area contributed by atoms with Crippen molar-refractivity contribution in [1.29, 1.82) is 0 Å². The molecule has 0 fully saturated rings. The summed E-state index contributed by atoms with van der Waals surface area (Å²) in [6, 6.07) is 6.51. The third-order valence-electron chi connectivity index (χ3n) is 5.38. The molecule has 2 aliphatic carbocycles. The first kappa shape index (κ1) is 16.8. The molecule has 2 aliphatic rings. The van der Waals surface area contributed by atoms with Crippen molar-refractivity contribution in [2.24, 2.45) is 11.3 Å². The summed E-state index contributed by atoms with van der Waals surface area (Å²) >= 11 is 5.90. The molecule has 0 heterocycles. The Bertz CT molecular complexity index is 814. The van der Waals surface area contributed by atoms with Crippen molar-refractivity contribution in [2.75, 3.05) is 0 Å². The van der Waals surface area contributed by atoms with Gasteiger partial charge in [-0.3, -0.25) is 14.4 Å². The molecule has 0 spiro atoms. The van der Waals surface area contributed by atoms with Crippen molar-refractivity contribution in [3.8, 4) is 0 Å². The summed E-state index contributed by atoms with van der Waals surface area (Å²) in [4.78, 5) is 39.0. The predicted molar refractivity (Wildman–Crippen MR) is 93.1 cm³/mol. The van der Waals surface area contributed by atoms with Gasteiger partial charge in [0.15, 0.2) is 17.3 Å². The van der Waals surface area contributed by atoms with Crippen LogP contribution < -0.4 is 0 Å². The predicted octanol–water partition coefficient (Wildman–Crippen LogP) is 4.35. The van der Waals surface area contributed by atoms with E-state index >= 15 is 0 Å². The molecule has 0 aromatic heterocycles. The Labute approximate surface area is 146 Å². The minimum absolute atomic E-state index is 0.0937. The van der Waals surface area contributed by atoms with Crippen LogP contribution in [-0.2, 0) is 9.59 Å². The van der Waals surface area contributed by atoms with E-state index in [0.29, 0.717) is 29.0 Å². The van der Waals surface area contributed by atoms with E-state index in [1.165, 1.54) is 6.08 Å². The number of hydrogen-bond donors (Lipinski definition) is 0. The first-order valence-corrected chi connectivity index (χ1v) is 8.37. The molecule has 0 bridgehead atoms. The van der Waals surface area contributed by atoms with Crippen LogP contribution in [0.15, 0.2) is 47.1 Å². The van der Waals surface area contributed by atoms with Crippen LogP contribution in [-0.4, -0.2) is 17.3 Å². The van der Waals surface area contributed by atoms with Gasteiger partial charge in [-0.1, -0.05) is 22.7 Å². The summed E-state index contributed by atoms with van der Waals surface area (Å²) in [5.74, 6) is -1.24. The van der Waals surface area contributed by atoms with Gasteiger partial charge in [-0.05, 0) is 69.5 Å². The Morgan fingerprint density at radius 2 is 1.71 bits per heavy atom. The summed E-state index contributed by atoms with van der Waals surface area (Å²) < 4.78 is 0. The van der Waals surface area contributed by atoms with Gasteiger partial charge >= 0.3 is 0 Å². The normalized spacial score (nSPS) is 27.0. The third-order valence-corrected chi connectivity index (χ3v) is 5.63. The molecule has 0 N–H and O–H groups in total. The first-order chi connectivity index (χ1) is 11.3. The van der Waals surface area contributed by atoms with E-state index in [2.05, 4.69) is 0 Å². The number of Topliss-reactive ketones (excluding diaryl/α,β-unsaturated/α-hetero) is 2. The van der Waals surface area contributed by atoms with Crippen molar-refractivity contribution in [1.82, 2.24) is 0 Å². The van der Waals surface area contributed by atoms with E-state index in [9.17, 15) is 14.4 Å². The lowest BCUT2D eigenvalue weighted by Gasteiger charge is -2.43. The molecular formula is C20H19ClO3. The number of hydrogen-bond acceptors (Lipinski definition) is 3. The van der Waals surface area contributed by atoms with Gasteiger partial charge in [-0.2, -0.15) is 0 Å². The first-order valence-electron chi connectivity index (χ1n) is 8.00. The largest absolute Gasteiger partial charge is 0.294 e. The van der Waals surface area contributed by atoms with Gasteiger partial charge in [0.25, 0.3) is 0 Å². The maximum absolute atomic E-state index is 13.3. The Balaban J connectivity index is 2.18. The molecule has 2 unspecified atom stereocenters. The van der Waals surface area contributed by atoms with Crippen LogP contribution in [0.5, 0.6) is 0 Å². The zero-order valence-corrected chi connectivity index (χ0v) is 14.7. The van der Waals surface area contributed by atoms with Crippen LogP contribution in [0.3, 0.4) is 0 Å². The number of halogens is 1. The van der Waals surface area contributed by atoms with Crippen molar-refractivity contribution in [2.45, 2.75) is 33.6 Å². The number of ketones is 3. The van der Waals surface area contributed by atoms with Gasteiger partial charge in [0, 0.05) is 16.5 Å². The highest BCUT2D eigenvalue weighted by atomic mass is 35.5. The summed E-state index contributed by atoms with van der Waals surface area (Å²) in [6.07, 6.45) is 2.11. The van der Waals surface area contributed by atoms with Crippen LogP contribution >= 0.6 is 11.6 Å². The van der Waals surface area contributed by atoms with Crippen molar-refractivity contribution < 1.29 is 14.4 Å². The van der Waals surface area contributed by atoms with Gasteiger partial charge in [-0.15, -0.1) is 0 Å². The lowest BCUT2D eigenvalue weighted by Crippen LogP contribution is -2.52. The van der Waals surface area contributed by atoms with Crippen molar-refractivity contribution >= 4 is 29.0 Å². The number of carbonyl (C=O) groups is 3. The van der Waals surface area contributed by atoms with Gasteiger partial charge in [0.2, 0.25) is 0 Å². The van der Waals surface area contributed by atoms with E-state index in [4.69, 9.17) is 11.6 Å². The molecular weight excluding hydrogens is 324 g/mol. The topological polar surface area (TPSA) is 51.2 Å².